The third-order valence-electron chi connectivity index (χ3n) is 3.61. The molecule has 2 fully saturated rings. The molecule has 0 radical (unpaired) electrons. The van der Waals surface area contributed by atoms with E-state index in [1.807, 2.05) is 0 Å². The van der Waals surface area contributed by atoms with Crippen LogP contribution in [0.15, 0.2) is 0 Å². The van der Waals surface area contributed by atoms with Gasteiger partial charge in [-0.3, -0.25) is 4.79 Å². The Morgan fingerprint density at radius 3 is 2.77 bits per heavy atom. The number of fused-ring (bicyclic) bond motifs is 2. The smallest absolute Gasteiger partial charge is 0.303 e. The lowest BCUT2D eigenvalue weighted by Gasteiger charge is -2.32. The summed E-state index contributed by atoms with van der Waals surface area (Å²) in [4.78, 5) is 10.8. The molecule has 1 N–H and O–H groups in total. The van der Waals surface area contributed by atoms with Gasteiger partial charge in [0.25, 0.3) is 0 Å². The van der Waals surface area contributed by atoms with Crippen molar-refractivity contribution in [1.82, 2.24) is 0 Å². The molecular weight excluding hydrogens is 168 g/mol. The molecule has 0 spiro atoms. The van der Waals surface area contributed by atoms with Gasteiger partial charge in [0.05, 0.1) is 6.10 Å². The summed E-state index contributed by atoms with van der Waals surface area (Å²) in [6.07, 6.45) is 2.47. The van der Waals surface area contributed by atoms with Gasteiger partial charge in [-0.15, -0.1) is 0 Å². The normalized spacial score (nSPS) is 48.1. The third kappa shape index (κ3) is 1.26. The Morgan fingerprint density at radius 1 is 1.62 bits per heavy atom. The highest BCUT2D eigenvalue weighted by Crippen LogP contribution is 2.54. The Morgan fingerprint density at radius 2 is 2.31 bits per heavy atom. The lowest BCUT2D eigenvalue weighted by Crippen LogP contribution is -2.40. The summed E-state index contributed by atoms with van der Waals surface area (Å²) in [5.41, 5.74) is 0.00475. The van der Waals surface area contributed by atoms with Gasteiger partial charge in [0, 0.05) is 6.92 Å². The second-order valence-electron chi connectivity index (χ2n) is 4.68. The van der Waals surface area contributed by atoms with Gasteiger partial charge < -0.3 is 9.84 Å². The zero-order valence-electron chi connectivity index (χ0n) is 8.12. The summed E-state index contributed by atoms with van der Waals surface area (Å²) in [6, 6.07) is 0. The van der Waals surface area contributed by atoms with Crippen molar-refractivity contribution in [3.8, 4) is 0 Å². The van der Waals surface area contributed by atoms with Gasteiger partial charge in [-0.1, -0.05) is 6.92 Å². The van der Waals surface area contributed by atoms with Gasteiger partial charge in [0.2, 0.25) is 0 Å². The molecular formula is C10H16O3. The summed E-state index contributed by atoms with van der Waals surface area (Å²) >= 11 is 0. The molecule has 0 aliphatic heterocycles. The average molecular weight is 184 g/mol. The zero-order chi connectivity index (χ0) is 9.64. The molecule has 2 rings (SSSR count). The molecule has 4 unspecified atom stereocenters. The molecule has 0 aromatic carbocycles. The van der Waals surface area contributed by atoms with Gasteiger partial charge in [0.15, 0.2) is 0 Å². The summed E-state index contributed by atoms with van der Waals surface area (Å²) < 4.78 is 5.13. The molecule has 0 heterocycles. The van der Waals surface area contributed by atoms with Crippen LogP contribution in [0.4, 0.5) is 0 Å². The SMILES string of the molecule is CC(=O)OC1C2CCC(C)(C2)C1O. The molecule has 4 atom stereocenters. The number of rotatable bonds is 1. The van der Waals surface area contributed by atoms with Crippen LogP contribution in [0.2, 0.25) is 0 Å². The summed E-state index contributed by atoms with van der Waals surface area (Å²) in [7, 11) is 0. The van der Waals surface area contributed by atoms with Crippen LogP contribution in [-0.2, 0) is 9.53 Å². The Bertz CT molecular complexity index is 238. The Hall–Kier alpha value is -0.570. The molecule has 2 aliphatic carbocycles. The van der Waals surface area contributed by atoms with Crippen LogP contribution in [0, 0.1) is 11.3 Å². The van der Waals surface area contributed by atoms with E-state index in [4.69, 9.17) is 4.74 Å². The van der Waals surface area contributed by atoms with Crippen molar-refractivity contribution in [1.29, 1.82) is 0 Å². The Kier molecular flexibility index (Phi) is 1.88. The Balaban J connectivity index is 2.11. The van der Waals surface area contributed by atoms with E-state index in [0.717, 1.165) is 19.3 Å². The fourth-order valence-electron chi connectivity index (χ4n) is 2.87. The Labute approximate surface area is 78.1 Å². The molecule has 0 amide bonds. The first-order valence-electron chi connectivity index (χ1n) is 4.88. The minimum Gasteiger partial charge on any atom is -0.459 e. The van der Waals surface area contributed by atoms with E-state index in [1.165, 1.54) is 6.92 Å². The maximum Gasteiger partial charge on any atom is 0.303 e. The van der Waals surface area contributed by atoms with Gasteiger partial charge in [-0.2, -0.15) is 0 Å². The minimum absolute atomic E-state index is 0.00475. The number of carbonyl (C=O) groups is 1. The van der Waals surface area contributed by atoms with Gasteiger partial charge in [-0.25, -0.2) is 0 Å². The molecule has 2 saturated carbocycles. The van der Waals surface area contributed by atoms with Crippen LogP contribution in [0.5, 0.6) is 0 Å². The van der Waals surface area contributed by atoms with E-state index in [-0.39, 0.29) is 17.5 Å². The third-order valence-corrected chi connectivity index (χ3v) is 3.61. The van der Waals surface area contributed by atoms with E-state index < -0.39 is 6.10 Å². The number of hydrogen-bond acceptors (Lipinski definition) is 3. The topological polar surface area (TPSA) is 46.5 Å². The van der Waals surface area contributed by atoms with Crippen molar-refractivity contribution in [2.45, 2.75) is 45.3 Å². The number of aliphatic hydroxyl groups is 1. The predicted molar refractivity (Wildman–Crippen MR) is 47.0 cm³/mol. The first-order valence-corrected chi connectivity index (χ1v) is 4.88. The van der Waals surface area contributed by atoms with Crippen molar-refractivity contribution in [3.05, 3.63) is 0 Å². The van der Waals surface area contributed by atoms with Gasteiger partial charge in [-0.05, 0) is 30.6 Å². The largest absolute Gasteiger partial charge is 0.459 e. The molecule has 13 heavy (non-hydrogen) atoms. The molecule has 0 aromatic rings. The van der Waals surface area contributed by atoms with Crippen LogP contribution in [-0.4, -0.2) is 23.3 Å². The molecule has 3 heteroatoms. The minimum atomic E-state index is -0.449. The number of esters is 1. The summed E-state index contributed by atoms with van der Waals surface area (Å²) in [5.74, 6) is 0.115. The zero-order valence-corrected chi connectivity index (χ0v) is 8.12. The van der Waals surface area contributed by atoms with Crippen LogP contribution < -0.4 is 0 Å². The number of ether oxygens (including phenoxy) is 1. The van der Waals surface area contributed by atoms with Crippen LogP contribution >= 0.6 is 0 Å². The highest BCUT2D eigenvalue weighted by molar-refractivity contribution is 5.66. The number of hydrogen-bond donors (Lipinski definition) is 1. The highest BCUT2D eigenvalue weighted by atomic mass is 16.6. The fourth-order valence-corrected chi connectivity index (χ4v) is 2.87. The first-order chi connectivity index (χ1) is 6.03. The quantitative estimate of drug-likeness (QED) is 0.621. The maximum atomic E-state index is 10.8. The van der Waals surface area contributed by atoms with Crippen molar-refractivity contribution in [2.24, 2.45) is 11.3 Å². The second kappa shape index (κ2) is 2.71. The summed E-state index contributed by atoms with van der Waals surface area (Å²) in [6.45, 7) is 3.49. The van der Waals surface area contributed by atoms with E-state index in [1.54, 1.807) is 0 Å². The fraction of sp³-hybridized carbons (Fsp3) is 0.900. The standard InChI is InChI=1S/C10H16O3/c1-6(11)13-8-7-3-4-10(2,5-7)9(8)12/h7-9,12H,3-5H2,1-2H3. The lowest BCUT2D eigenvalue weighted by molar-refractivity contribution is -0.158. The molecule has 2 bridgehead atoms. The predicted octanol–water partition coefficient (Wildman–Crippen LogP) is 1.10. The highest BCUT2D eigenvalue weighted by Gasteiger charge is 2.56. The van der Waals surface area contributed by atoms with E-state index >= 15 is 0 Å². The van der Waals surface area contributed by atoms with E-state index in [9.17, 15) is 9.90 Å². The monoisotopic (exact) mass is 184 g/mol. The van der Waals surface area contributed by atoms with Crippen molar-refractivity contribution < 1.29 is 14.6 Å². The van der Waals surface area contributed by atoms with Crippen molar-refractivity contribution in [2.75, 3.05) is 0 Å². The molecule has 2 aliphatic rings. The number of carbonyl (C=O) groups excluding carboxylic acids is 1. The van der Waals surface area contributed by atoms with E-state index in [0.29, 0.717) is 5.92 Å². The van der Waals surface area contributed by atoms with E-state index in [2.05, 4.69) is 6.92 Å². The number of aliphatic hydroxyl groups excluding tert-OH is 1. The molecule has 74 valence electrons. The van der Waals surface area contributed by atoms with Crippen LogP contribution in [0.3, 0.4) is 0 Å². The van der Waals surface area contributed by atoms with Gasteiger partial charge >= 0.3 is 5.97 Å². The van der Waals surface area contributed by atoms with Crippen molar-refractivity contribution in [3.63, 3.8) is 0 Å². The molecule has 3 nitrogen and oxygen atoms in total. The lowest BCUT2D eigenvalue weighted by atomic mass is 9.83. The maximum absolute atomic E-state index is 10.8. The van der Waals surface area contributed by atoms with Gasteiger partial charge in [0.1, 0.15) is 6.10 Å². The summed E-state index contributed by atoms with van der Waals surface area (Å²) in [5, 5.41) is 9.91. The molecule has 0 aromatic heterocycles. The average Bonchev–Trinajstić information content (AvgIpc) is 2.50. The van der Waals surface area contributed by atoms with Crippen molar-refractivity contribution >= 4 is 5.97 Å². The van der Waals surface area contributed by atoms with Crippen LogP contribution in [0.25, 0.3) is 0 Å². The van der Waals surface area contributed by atoms with Crippen LogP contribution in [0.1, 0.15) is 33.1 Å². The second-order valence-corrected chi connectivity index (χ2v) is 4.68. The molecule has 0 saturated heterocycles. The first kappa shape index (κ1) is 9.00.